The lowest BCUT2D eigenvalue weighted by atomic mass is 10.1. The van der Waals surface area contributed by atoms with Gasteiger partial charge in [-0.15, -0.1) is 5.10 Å². The molecule has 0 fully saturated rings. The predicted molar refractivity (Wildman–Crippen MR) is 112 cm³/mol. The number of carbonyl (C=O) groups is 1. The van der Waals surface area contributed by atoms with Crippen LogP contribution < -0.4 is 10.1 Å². The van der Waals surface area contributed by atoms with E-state index < -0.39 is 0 Å². The first-order chi connectivity index (χ1) is 13.9. The van der Waals surface area contributed by atoms with E-state index in [0.29, 0.717) is 30.3 Å². The van der Waals surface area contributed by atoms with Gasteiger partial charge in [-0.05, 0) is 57.0 Å². The maximum absolute atomic E-state index is 12.9. The molecule has 0 saturated carbocycles. The molecule has 0 radical (unpaired) electrons. The average Bonchev–Trinajstić information content (AvgIpc) is 3.05. The van der Waals surface area contributed by atoms with E-state index in [2.05, 4.69) is 21.6 Å². The fraction of sp³-hybridized carbons (Fsp3) is 0.318. The van der Waals surface area contributed by atoms with E-state index in [1.807, 2.05) is 51.1 Å². The third-order valence-electron chi connectivity index (χ3n) is 4.50. The number of anilines is 1. The van der Waals surface area contributed by atoms with Crippen LogP contribution in [0.1, 0.15) is 32.9 Å². The minimum absolute atomic E-state index is 0.272. The number of rotatable bonds is 7. The van der Waals surface area contributed by atoms with Gasteiger partial charge >= 0.3 is 0 Å². The molecule has 1 aromatic heterocycles. The number of methoxy groups -OCH3 is 1. The third kappa shape index (κ3) is 4.81. The topological polar surface area (TPSA) is 78.3 Å². The minimum atomic E-state index is -0.334. The third-order valence-corrected chi connectivity index (χ3v) is 4.50. The molecule has 152 valence electrons. The molecule has 7 heteroatoms. The van der Waals surface area contributed by atoms with E-state index in [1.54, 1.807) is 14.0 Å². The SMILES string of the molecule is COCCOc1cc(C)ccc1NC(=O)c1nn(-c2ccc(C)cc2C)nc1C. The Labute approximate surface area is 170 Å². The Morgan fingerprint density at radius 1 is 1.00 bits per heavy atom. The zero-order chi connectivity index (χ0) is 21.0. The molecule has 1 amide bonds. The number of aromatic nitrogens is 3. The summed E-state index contributed by atoms with van der Waals surface area (Å²) in [6.07, 6.45) is 0. The number of carbonyl (C=O) groups excluding carboxylic acids is 1. The first-order valence-electron chi connectivity index (χ1n) is 9.44. The molecule has 0 aliphatic carbocycles. The highest BCUT2D eigenvalue weighted by Crippen LogP contribution is 2.26. The summed E-state index contributed by atoms with van der Waals surface area (Å²) in [6.45, 7) is 8.62. The van der Waals surface area contributed by atoms with Crippen LogP contribution in [0.5, 0.6) is 5.75 Å². The van der Waals surface area contributed by atoms with E-state index in [1.165, 1.54) is 4.80 Å². The first kappa shape index (κ1) is 20.5. The van der Waals surface area contributed by atoms with Gasteiger partial charge in [0.15, 0.2) is 5.69 Å². The second-order valence-electron chi connectivity index (χ2n) is 7.01. The van der Waals surface area contributed by atoms with Crippen LogP contribution in [0.2, 0.25) is 0 Å². The number of ether oxygens (including phenoxy) is 2. The molecule has 0 saturated heterocycles. The van der Waals surface area contributed by atoms with Crippen molar-refractivity contribution < 1.29 is 14.3 Å². The van der Waals surface area contributed by atoms with Crippen molar-refractivity contribution >= 4 is 11.6 Å². The second-order valence-corrected chi connectivity index (χ2v) is 7.01. The number of amides is 1. The Hall–Kier alpha value is -3.19. The van der Waals surface area contributed by atoms with E-state index >= 15 is 0 Å². The van der Waals surface area contributed by atoms with Crippen molar-refractivity contribution in [2.75, 3.05) is 25.6 Å². The Balaban J connectivity index is 1.84. The molecule has 3 rings (SSSR count). The fourth-order valence-corrected chi connectivity index (χ4v) is 2.99. The van der Waals surface area contributed by atoms with Gasteiger partial charge in [-0.25, -0.2) is 0 Å². The second kappa shape index (κ2) is 8.87. The lowest BCUT2D eigenvalue weighted by molar-refractivity contribution is 0.102. The monoisotopic (exact) mass is 394 g/mol. The predicted octanol–water partition coefficient (Wildman–Crippen LogP) is 3.78. The molecule has 0 bridgehead atoms. The highest BCUT2D eigenvalue weighted by Gasteiger charge is 2.19. The molecule has 1 N–H and O–H groups in total. The summed E-state index contributed by atoms with van der Waals surface area (Å²) in [7, 11) is 1.62. The molecule has 7 nitrogen and oxygen atoms in total. The van der Waals surface area contributed by atoms with Gasteiger partial charge in [0.25, 0.3) is 5.91 Å². The van der Waals surface area contributed by atoms with Crippen molar-refractivity contribution in [1.82, 2.24) is 15.0 Å². The molecule has 29 heavy (non-hydrogen) atoms. The van der Waals surface area contributed by atoms with Crippen LogP contribution >= 0.6 is 0 Å². The summed E-state index contributed by atoms with van der Waals surface area (Å²) in [5.41, 5.74) is 5.49. The van der Waals surface area contributed by atoms with Crippen LogP contribution in [-0.2, 0) is 4.74 Å². The lowest BCUT2D eigenvalue weighted by Gasteiger charge is -2.12. The molecule has 0 aliphatic heterocycles. The zero-order valence-corrected chi connectivity index (χ0v) is 17.4. The molecule has 2 aromatic carbocycles. The highest BCUT2D eigenvalue weighted by atomic mass is 16.5. The largest absolute Gasteiger partial charge is 0.489 e. The maximum Gasteiger partial charge on any atom is 0.278 e. The Morgan fingerprint density at radius 3 is 2.45 bits per heavy atom. The number of aryl methyl sites for hydroxylation is 4. The Kier molecular flexibility index (Phi) is 6.29. The van der Waals surface area contributed by atoms with Gasteiger partial charge in [-0.1, -0.05) is 23.8 Å². The molecule has 1 heterocycles. The Bertz CT molecular complexity index is 1030. The van der Waals surface area contributed by atoms with Gasteiger partial charge in [0.1, 0.15) is 12.4 Å². The van der Waals surface area contributed by atoms with Crippen LogP contribution in [0, 0.1) is 27.7 Å². The molecule has 0 atom stereocenters. The van der Waals surface area contributed by atoms with Crippen molar-refractivity contribution in [3.63, 3.8) is 0 Å². The first-order valence-corrected chi connectivity index (χ1v) is 9.44. The summed E-state index contributed by atoms with van der Waals surface area (Å²) < 4.78 is 10.8. The van der Waals surface area contributed by atoms with E-state index in [4.69, 9.17) is 9.47 Å². The highest BCUT2D eigenvalue weighted by molar-refractivity contribution is 6.04. The molecule has 0 aliphatic rings. The van der Waals surface area contributed by atoms with Crippen LogP contribution in [0.4, 0.5) is 5.69 Å². The molecule has 3 aromatic rings. The van der Waals surface area contributed by atoms with Crippen molar-refractivity contribution in [1.29, 1.82) is 0 Å². The van der Waals surface area contributed by atoms with Gasteiger partial charge in [0, 0.05) is 7.11 Å². The van der Waals surface area contributed by atoms with Crippen molar-refractivity contribution in [2.45, 2.75) is 27.7 Å². The van der Waals surface area contributed by atoms with Crippen molar-refractivity contribution in [3.8, 4) is 11.4 Å². The van der Waals surface area contributed by atoms with Gasteiger partial charge in [-0.2, -0.15) is 9.90 Å². The Morgan fingerprint density at radius 2 is 1.72 bits per heavy atom. The molecule has 0 spiro atoms. The van der Waals surface area contributed by atoms with Crippen molar-refractivity contribution in [3.05, 3.63) is 64.5 Å². The summed E-state index contributed by atoms with van der Waals surface area (Å²) in [5.74, 6) is 0.258. The lowest BCUT2D eigenvalue weighted by Crippen LogP contribution is -2.16. The quantitative estimate of drug-likeness (QED) is 0.617. The number of hydrogen-bond donors (Lipinski definition) is 1. The molecular weight excluding hydrogens is 368 g/mol. The average molecular weight is 394 g/mol. The number of nitrogens with one attached hydrogen (secondary N) is 1. The standard InChI is InChI=1S/C22H26N4O3/c1-14-7-9-19(16(3)12-14)26-24-17(4)21(25-26)22(27)23-18-8-6-15(2)13-20(18)29-11-10-28-5/h6-9,12-13H,10-11H2,1-5H3,(H,23,27). The van der Waals surface area contributed by atoms with Gasteiger partial charge in [-0.3, -0.25) is 4.79 Å². The van der Waals surface area contributed by atoms with Gasteiger partial charge in [0.2, 0.25) is 0 Å². The van der Waals surface area contributed by atoms with E-state index in [-0.39, 0.29) is 11.6 Å². The van der Waals surface area contributed by atoms with E-state index in [0.717, 1.165) is 22.4 Å². The summed E-state index contributed by atoms with van der Waals surface area (Å²) in [4.78, 5) is 14.4. The number of benzene rings is 2. The normalized spacial score (nSPS) is 10.8. The maximum atomic E-state index is 12.9. The van der Waals surface area contributed by atoms with Crippen LogP contribution in [0.25, 0.3) is 5.69 Å². The zero-order valence-electron chi connectivity index (χ0n) is 17.4. The van der Waals surface area contributed by atoms with Crippen LogP contribution in [0.15, 0.2) is 36.4 Å². The summed E-state index contributed by atoms with van der Waals surface area (Å²) in [5, 5.41) is 11.7. The van der Waals surface area contributed by atoms with Crippen LogP contribution in [0.3, 0.4) is 0 Å². The van der Waals surface area contributed by atoms with Crippen molar-refractivity contribution in [2.24, 2.45) is 0 Å². The minimum Gasteiger partial charge on any atom is -0.489 e. The van der Waals surface area contributed by atoms with E-state index in [9.17, 15) is 4.79 Å². The fourth-order valence-electron chi connectivity index (χ4n) is 2.99. The van der Waals surface area contributed by atoms with Gasteiger partial charge < -0.3 is 14.8 Å². The summed E-state index contributed by atoms with van der Waals surface area (Å²) >= 11 is 0. The van der Waals surface area contributed by atoms with Crippen LogP contribution in [-0.4, -0.2) is 41.2 Å². The van der Waals surface area contributed by atoms with Gasteiger partial charge in [0.05, 0.1) is 23.7 Å². The molecule has 0 unspecified atom stereocenters. The smallest absolute Gasteiger partial charge is 0.278 e. The summed E-state index contributed by atoms with van der Waals surface area (Å²) in [6, 6.07) is 11.6. The number of nitrogens with zero attached hydrogens (tertiary/aromatic N) is 3. The molecular formula is C22H26N4O3. The number of hydrogen-bond acceptors (Lipinski definition) is 5.